The molecule has 0 saturated carbocycles. The van der Waals surface area contributed by atoms with Crippen LogP contribution in [0.15, 0.2) is 30.3 Å². The van der Waals surface area contributed by atoms with Gasteiger partial charge in [0.1, 0.15) is 0 Å². The van der Waals surface area contributed by atoms with Gasteiger partial charge < -0.3 is 4.74 Å². The van der Waals surface area contributed by atoms with Gasteiger partial charge in [-0.05, 0) is 25.1 Å². The van der Waals surface area contributed by atoms with Crippen LogP contribution in [0.1, 0.15) is 4.88 Å². The average molecular weight is 205 g/mol. The SMILES string of the molecule is COc1cccc(-c2ccc(C)s2)n1. The van der Waals surface area contributed by atoms with Gasteiger partial charge in [-0.2, -0.15) is 0 Å². The Bertz CT molecular complexity index is 436. The maximum atomic E-state index is 5.08. The summed E-state index contributed by atoms with van der Waals surface area (Å²) in [6.07, 6.45) is 0. The molecule has 0 bridgehead atoms. The molecule has 2 aromatic heterocycles. The number of ether oxygens (including phenoxy) is 1. The minimum absolute atomic E-state index is 0.661. The normalized spacial score (nSPS) is 10.1. The molecule has 0 N–H and O–H groups in total. The zero-order valence-corrected chi connectivity index (χ0v) is 8.97. The summed E-state index contributed by atoms with van der Waals surface area (Å²) >= 11 is 1.74. The van der Waals surface area contributed by atoms with Gasteiger partial charge in [-0.1, -0.05) is 6.07 Å². The highest BCUT2D eigenvalue weighted by atomic mass is 32.1. The van der Waals surface area contributed by atoms with Crippen molar-refractivity contribution in [1.82, 2.24) is 4.98 Å². The summed E-state index contributed by atoms with van der Waals surface area (Å²) in [4.78, 5) is 6.84. The molecule has 2 rings (SSSR count). The predicted molar refractivity (Wildman–Crippen MR) is 58.8 cm³/mol. The minimum Gasteiger partial charge on any atom is -0.481 e. The largest absolute Gasteiger partial charge is 0.481 e. The number of aromatic nitrogens is 1. The molecule has 0 aliphatic carbocycles. The van der Waals surface area contributed by atoms with Crippen molar-refractivity contribution in [3.05, 3.63) is 35.2 Å². The summed E-state index contributed by atoms with van der Waals surface area (Å²) in [6, 6.07) is 9.98. The fourth-order valence-electron chi connectivity index (χ4n) is 1.24. The van der Waals surface area contributed by atoms with Gasteiger partial charge in [0, 0.05) is 10.9 Å². The first-order chi connectivity index (χ1) is 6.79. The quantitative estimate of drug-likeness (QED) is 0.751. The van der Waals surface area contributed by atoms with Crippen molar-refractivity contribution in [3.63, 3.8) is 0 Å². The molecule has 72 valence electrons. The van der Waals surface area contributed by atoms with Crippen molar-refractivity contribution in [1.29, 1.82) is 0 Å². The first-order valence-electron chi connectivity index (χ1n) is 4.37. The Balaban J connectivity index is 2.41. The summed E-state index contributed by atoms with van der Waals surface area (Å²) in [6.45, 7) is 2.09. The third-order valence-corrected chi connectivity index (χ3v) is 2.95. The van der Waals surface area contributed by atoms with Crippen LogP contribution in [0.4, 0.5) is 0 Å². The van der Waals surface area contributed by atoms with Crippen LogP contribution in [-0.2, 0) is 0 Å². The van der Waals surface area contributed by atoms with Crippen LogP contribution < -0.4 is 4.74 Å². The number of thiophene rings is 1. The Hall–Kier alpha value is -1.35. The lowest BCUT2D eigenvalue weighted by Crippen LogP contribution is -1.87. The zero-order valence-electron chi connectivity index (χ0n) is 8.15. The van der Waals surface area contributed by atoms with Crippen molar-refractivity contribution in [2.75, 3.05) is 7.11 Å². The number of hydrogen-bond acceptors (Lipinski definition) is 3. The van der Waals surface area contributed by atoms with E-state index < -0.39 is 0 Å². The Morgan fingerprint density at radius 2 is 2.07 bits per heavy atom. The third kappa shape index (κ3) is 1.77. The van der Waals surface area contributed by atoms with Crippen LogP contribution in [0.25, 0.3) is 10.6 Å². The molecule has 0 atom stereocenters. The maximum absolute atomic E-state index is 5.08. The molecule has 0 amide bonds. The van der Waals surface area contributed by atoms with E-state index in [0.717, 1.165) is 5.69 Å². The molecule has 2 heterocycles. The van der Waals surface area contributed by atoms with Gasteiger partial charge in [-0.15, -0.1) is 11.3 Å². The number of aryl methyl sites for hydroxylation is 1. The standard InChI is InChI=1S/C11H11NOS/c1-8-6-7-10(14-8)9-4-3-5-11(12-9)13-2/h3-7H,1-2H3. The first-order valence-corrected chi connectivity index (χ1v) is 5.19. The summed E-state index contributed by atoms with van der Waals surface area (Å²) in [7, 11) is 1.63. The topological polar surface area (TPSA) is 22.1 Å². The Labute approximate surface area is 87.2 Å². The molecular weight excluding hydrogens is 194 g/mol. The maximum Gasteiger partial charge on any atom is 0.213 e. The molecule has 3 heteroatoms. The van der Waals surface area contributed by atoms with E-state index in [1.165, 1.54) is 9.75 Å². The lowest BCUT2D eigenvalue weighted by Gasteiger charge is -2.00. The molecule has 0 saturated heterocycles. The zero-order chi connectivity index (χ0) is 9.97. The Morgan fingerprint density at radius 3 is 2.71 bits per heavy atom. The number of rotatable bonds is 2. The highest BCUT2D eigenvalue weighted by molar-refractivity contribution is 7.15. The molecule has 0 aromatic carbocycles. The second-order valence-electron chi connectivity index (χ2n) is 2.98. The highest BCUT2D eigenvalue weighted by Gasteiger charge is 2.02. The molecule has 0 unspecified atom stereocenters. The lowest BCUT2D eigenvalue weighted by atomic mass is 10.3. The minimum atomic E-state index is 0.661. The smallest absolute Gasteiger partial charge is 0.213 e. The summed E-state index contributed by atoms with van der Waals surface area (Å²) in [5.41, 5.74) is 0.974. The summed E-state index contributed by atoms with van der Waals surface area (Å²) in [5.74, 6) is 0.661. The van der Waals surface area contributed by atoms with Crippen LogP contribution in [0.2, 0.25) is 0 Å². The van der Waals surface area contributed by atoms with E-state index >= 15 is 0 Å². The summed E-state index contributed by atoms with van der Waals surface area (Å²) in [5, 5.41) is 0. The van der Waals surface area contributed by atoms with Crippen LogP contribution in [0.5, 0.6) is 5.88 Å². The van der Waals surface area contributed by atoms with Gasteiger partial charge in [-0.3, -0.25) is 0 Å². The summed E-state index contributed by atoms with van der Waals surface area (Å²) < 4.78 is 5.08. The van der Waals surface area contributed by atoms with Crippen LogP contribution in [0.3, 0.4) is 0 Å². The highest BCUT2D eigenvalue weighted by Crippen LogP contribution is 2.26. The second kappa shape index (κ2) is 3.80. The van der Waals surface area contributed by atoms with Crippen molar-refractivity contribution in [2.24, 2.45) is 0 Å². The molecule has 0 fully saturated rings. The van der Waals surface area contributed by atoms with E-state index in [-0.39, 0.29) is 0 Å². The van der Waals surface area contributed by atoms with E-state index in [1.54, 1.807) is 18.4 Å². The van der Waals surface area contributed by atoms with Crippen LogP contribution in [-0.4, -0.2) is 12.1 Å². The van der Waals surface area contributed by atoms with Crippen LogP contribution >= 0.6 is 11.3 Å². The molecule has 0 aliphatic rings. The number of hydrogen-bond donors (Lipinski definition) is 0. The Kier molecular flexibility index (Phi) is 2.50. The van der Waals surface area contributed by atoms with Gasteiger partial charge in [0.15, 0.2) is 0 Å². The van der Waals surface area contributed by atoms with Gasteiger partial charge in [-0.25, -0.2) is 4.98 Å². The Morgan fingerprint density at radius 1 is 1.21 bits per heavy atom. The number of nitrogens with zero attached hydrogens (tertiary/aromatic N) is 1. The number of methoxy groups -OCH3 is 1. The van der Waals surface area contributed by atoms with Gasteiger partial charge in [0.2, 0.25) is 5.88 Å². The number of pyridine rings is 1. The molecule has 0 aliphatic heterocycles. The predicted octanol–water partition coefficient (Wildman–Crippen LogP) is 3.13. The average Bonchev–Trinajstić information content (AvgIpc) is 2.65. The van der Waals surface area contributed by atoms with Crippen molar-refractivity contribution < 1.29 is 4.74 Å². The van der Waals surface area contributed by atoms with E-state index in [4.69, 9.17) is 4.74 Å². The fraction of sp³-hybridized carbons (Fsp3) is 0.182. The molecule has 2 nitrogen and oxygen atoms in total. The van der Waals surface area contributed by atoms with E-state index in [1.807, 2.05) is 18.2 Å². The van der Waals surface area contributed by atoms with Crippen molar-refractivity contribution >= 4 is 11.3 Å². The second-order valence-corrected chi connectivity index (χ2v) is 4.26. The van der Waals surface area contributed by atoms with Gasteiger partial charge in [0.05, 0.1) is 17.7 Å². The van der Waals surface area contributed by atoms with Crippen LogP contribution in [0, 0.1) is 6.92 Å². The lowest BCUT2D eigenvalue weighted by molar-refractivity contribution is 0.398. The van der Waals surface area contributed by atoms with Gasteiger partial charge >= 0.3 is 0 Å². The molecule has 0 spiro atoms. The molecule has 0 radical (unpaired) electrons. The fourth-order valence-corrected chi connectivity index (χ4v) is 2.08. The third-order valence-electron chi connectivity index (χ3n) is 1.93. The van der Waals surface area contributed by atoms with E-state index in [2.05, 4.69) is 24.0 Å². The monoisotopic (exact) mass is 205 g/mol. The van der Waals surface area contributed by atoms with Crippen molar-refractivity contribution in [3.8, 4) is 16.5 Å². The molecule has 2 aromatic rings. The van der Waals surface area contributed by atoms with E-state index in [9.17, 15) is 0 Å². The van der Waals surface area contributed by atoms with Crippen molar-refractivity contribution in [2.45, 2.75) is 6.92 Å². The van der Waals surface area contributed by atoms with Gasteiger partial charge in [0.25, 0.3) is 0 Å². The first kappa shape index (κ1) is 9.21. The molecule has 14 heavy (non-hydrogen) atoms. The molecular formula is C11H11NOS. The van der Waals surface area contributed by atoms with E-state index in [0.29, 0.717) is 5.88 Å².